The molecule has 56 heavy (non-hydrogen) atoms. The minimum absolute atomic E-state index is 0.0422. The van der Waals surface area contributed by atoms with Crippen LogP contribution in [0.3, 0.4) is 0 Å². The molecule has 0 spiro atoms. The average Bonchev–Trinajstić information content (AvgIpc) is 3.49. The van der Waals surface area contributed by atoms with Gasteiger partial charge in [-0.25, -0.2) is 0 Å². The summed E-state index contributed by atoms with van der Waals surface area (Å²) in [6, 6.07) is 63.1. The van der Waals surface area contributed by atoms with Crippen LogP contribution < -0.4 is 13.2 Å². The van der Waals surface area contributed by atoms with Crippen LogP contribution in [0, 0.1) is 0 Å². The van der Waals surface area contributed by atoms with Gasteiger partial charge in [0, 0.05) is 0 Å². The van der Waals surface area contributed by atoms with Crippen molar-refractivity contribution in [3.8, 4) is 44.5 Å². The van der Waals surface area contributed by atoms with Crippen LogP contribution >= 0.6 is 0 Å². The van der Waals surface area contributed by atoms with Crippen LogP contribution in [-0.2, 0) is 16.2 Å². The first-order chi connectivity index (χ1) is 26.9. The monoisotopic (exact) mass is 789 g/mol. The molecule has 0 amide bonds. The molecule has 0 saturated carbocycles. The maximum absolute atomic E-state index is 2.62. The van der Waals surface area contributed by atoms with Crippen LogP contribution in [0.15, 0.2) is 164 Å². The average molecular weight is 789 g/mol. The molecule has 1 radical (unpaired) electrons. The van der Waals surface area contributed by atoms with Crippen LogP contribution in [0.2, 0.25) is 0 Å². The Hall–Kier alpha value is -4.92. The fraction of sp³-hybridized carbons (Fsp3) is 0.236. The van der Waals surface area contributed by atoms with Crippen molar-refractivity contribution in [1.29, 1.82) is 0 Å². The number of benzene rings is 7. The normalized spacial score (nSPS) is 13.4. The summed E-state index contributed by atoms with van der Waals surface area (Å²) in [5.41, 5.74) is 16.2. The summed E-state index contributed by atoms with van der Waals surface area (Å²) < 4.78 is 4.51. The molecule has 0 heterocycles. The third-order valence-electron chi connectivity index (χ3n) is 12.4. The third-order valence-corrected chi connectivity index (χ3v) is 18.1. The van der Waals surface area contributed by atoms with Crippen LogP contribution in [0.5, 0.6) is 0 Å². The summed E-state index contributed by atoms with van der Waals surface area (Å²) in [5.74, 6) is 0. The fourth-order valence-corrected chi connectivity index (χ4v) is 14.4. The number of hydrogen-bond donors (Lipinski definition) is 0. The molecule has 7 aromatic carbocycles. The van der Waals surface area contributed by atoms with E-state index in [2.05, 4.69) is 219 Å². The van der Waals surface area contributed by atoms with E-state index in [1.54, 1.807) is 0 Å². The Kier molecular flexibility index (Phi) is 10.1. The molecule has 7 aromatic rings. The third kappa shape index (κ3) is 7.03. The molecule has 1 heteroatoms. The van der Waals surface area contributed by atoms with Crippen LogP contribution in [0.4, 0.5) is 0 Å². The van der Waals surface area contributed by atoms with E-state index >= 15 is 0 Å². The van der Waals surface area contributed by atoms with Crippen molar-refractivity contribution in [3.63, 3.8) is 0 Å². The van der Waals surface area contributed by atoms with Crippen molar-refractivity contribution in [2.24, 2.45) is 0 Å². The van der Waals surface area contributed by atoms with Gasteiger partial charge in [-0.05, 0) is 22.0 Å². The van der Waals surface area contributed by atoms with Gasteiger partial charge in [-0.15, -0.1) is 0 Å². The van der Waals surface area contributed by atoms with E-state index in [1.165, 1.54) is 79.9 Å². The van der Waals surface area contributed by atoms with E-state index in [4.69, 9.17) is 0 Å². The van der Waals surface area contributed by atoms with E-state index in [1.807, 2.05) is 0 Å². The van der Waals surface area contributed by atoms with Gasteiger partial charge in [0.1, 0.15) is 0 Å². The number of fused-ring (bicyclic) bond motifs is 3. The molecule has 279 valence electrons. The first-order valence-electron chi connectivity index (χ1n) is 20.5. The molecule has 0 saturated heterocycles. The summed E-state index contributed by atoms with van der Waals surface area (Å²) in [6.45, 7) is 18.5. The molecular formula is C55H55Ge. The van der Waals surface area contributed by atoms with Crippen LogP contribution in [0.25, 0.3) is 44.5 Å². The van der Waals surface area contributed by atoms with Crippen molar-refractivity contribution < 1.29 is 0 Å². The van der Waals surface area contributed by atoms with Crippen molar-refractivity contribution in [1.82, 2.24) is 0 Å². The summed E-state index contributed by atoms with van der Waals surface area (Å²) >= 11 is -2.05. The van der Waals surface area contributed by atoms with Gasteiger partial charge in [-0.3, -0.25) is 0 Å². The van der Waals surface area contributed by atoms with Gasteiger partial charge in [0.25, 0.3) is 0 Å². The predicted octanol–water partition coefficient (Wildman–Crippen LogP) is 12.9. The summed E-state index contributed by atoms with van der Waals surface area (Å²) in [7, 11) is 0. The molecule has 0 atom stereocenters. The van der Waals surface area contributed by atoms with Crippen molar-refractivity contribution in [2.45, 2.75) is 84.5 Å². The van der Waals surface area contributed by atoms with Gasteiger partial charge in [0.05, 0.1) is 0 Å². The zero-order valence-electron chi connectivity index (χ0n) is 34.5. The summed E-state index contributed by atoms with van der Waals surface area (Å²) in [5, 5.41) is 0. The molecule has 0 unspecified atom stereocenters. The molecule has 0 bridgehead atoms. The van der Waals surface area contributed by atoms with Crippen LogP contribution in [0.1, 0.15) is 90.5 Å². The van der Waals surface area contributed by atoms with E-state index < -0.39 is 14.3 Å². The van der Waals surface area contributed by atoms with E-state index in [-0.39, 0.29) is 16.2 Å². The van der Waals surface area contributed by atoms with Crippen molar-refractivity contribution >= 4 is 27.5 Å². The molecule has 0 aliphatic heterocycles. The van der Waals surface area contributed by atoms with Crippen molar-refractivity contribution in [3.05, 3.63) is 186 Å². The van der Waals surface area contributed by atoms with Gasteiger partial charge in [0.15, 0.2) is 0 Å². The second-order valence-corrected chi connectivity index (χ2v) is 23.1. The van der Waals surface area contributed by atoms with Gasteiger partial charge in [-0.1, -0.05) is 65.8 Å². The zero-order chi connectivity index (χ0) is 39.2. The molecule has 0 nitrogen and oxygen atoms in total. The molecule has 0 fully saturated rings. The van der Waals surface area contributed by atoms with Gasteiger partial charge < -0.3 is 0 Å². The zero-order valence-corrected chi connectivity index (χ0v) is 36.6. The van der Waals surface area contributed by atoms with E-state index in [0.29, 0.717) is 0 Å². The Bertz CT molecular complexity index is 2360. The second-order valence-electron chi connectivity index (χ2n) is 17.9. The summed E-state index contributed by atoms with van der Waals surface area (Å²) in [6.07, 6.45) is 2.13. The first kappa shape index (κ1) is 38.0. The Labute approximate surface area is 340 Å². The van der Waals surface area contributed by atoms with E-state index in [0.717, 1.165) is 12.8 Å². The summed E-state index contributed by atoms with van der Waals surface area (Å²) in [4.78, 5) is 0. The Balaban J connectivity index is 1.25. The molecule has 8 rings (SSSR count). The van der Waals surface area contributed by atoms with Gasteiger partial charge >= 0.3 is 255 Å². The van der Waals surface area contributed by atoms with Crippen LogP contribution in [-0.4, -0.2) is 14.3 Å². The molecule has 1 aliphatic rings. The van der Waals surface area contributed by atoms with Crippen molar-refractivity contribution in [2.75, 3.05) is 0 Å². The van der Waals surface area contributed by atoms with Gasteiger partial charge in [-0.2, -0.15) is 0 Å². The number of rotatable bonds is 8. The standard InChI is InChI=1S/C55H55Ge/c1-9-55(10-2)51-36-40(25-31-49(51)50-32-30-48(37-52(50)55)56(46-17-13-11-14-18-46)47-19-15-12-16-20-47)43-34-41(38-21-26-44(27-22-38)53(3,4)5)33-42(35-43)39-23-28-45(29-24-39)54(6,7)8/h11-37H,9-10H2,1-8H3. The SMILES string of the molecule is CCC1(CC)c2cc(-c3cc(-c4ccc(C(C)(C)C)cc4)cc(-c4ccc(C(C)(C)C)cc4)c3)ccc2-c2cc[c]([Ge]([c]3ccccc3)[c]3ccccc3)cc21. The molecule has 0 aromatic heterocycles. The Morgan fingerprint density at radius 1 is 0.375 bits per heavy atom. The second kappa shape index (κ2) is 14.9. The molecular weight excluding hydrogens is 733 g/mol. The minimum atomic E-state index is -2.05. The Morgan fingerprint density at radius 2 is 0.768 bits per heavy atom. The molecule has 1 aliphatic carbocycles. The Morgan fingerprint density at radius 3 is 1.20 bits per heavy atom. The first-order valence-corrected chi connectivity index (χ1v) is 23.7. The van der Waals surface area contributed by atoms with Gasteiger partial charge in [0.2, 0.25) is 0 Å². The maximum atomic E-state index is 2.62. The molecule has 0 N–H and O–H groups in total. The van der Waals surface area contributed by atoms with E-state index in [9.17, 15) is 0 Å². The quantitative estimate of drug-likeness (QED) is 0.135. The topological polar surface area (TPSA) is 0 Å². The number of hydrogen-bond acceptors (Lipinski definition) is 0. The predicted molar refractivity (Wildman–Crippen MR) is 244 cm³/mol. The fourth-order valence-electron chi connectivity index (χ4n) is 9.00.